The molecule has 0 fully saturated rings. The second kappa shape index (κ2) is 7.03. The van der Waals surface area contributed by atoms with Gasteiger partial charge in [-0.2, -0.15) is 0 Å². The first-order valence-electron chi connectivity index (χ1n) is 3.10. The Morgan fingerprint density at radius 3 is 2.08 bits per heavy atom. The topological polar surface area (TPSA) is 40.1 Å². The highest BCUT2D eigenvalue weighted by Gasteiger charge is 1.75. The minimum atomic E-state index is -2.39. The Kier molecular flexibility index (Phi) is 6.66. The van der Waals surface area contributed by atoms with E-state index in [9.17, 15) is 0 Å². The smallest absolute Gasteiger partial charge is 0.0422 e. The van der Waals surface area contributed by atoms with Gasteiger partial charge in [0, 0.05) is 10.3 Å². The van der Waals surface area contributed by atoms with Gasteiger partial charge < -0.3 is 4.55 Å². The van der Waals surface area contributed by atoms with Gasteiger partial charge in [-0.15, -0.1) is 0 Å². The molecule has 1 unspecified atom stereocenters. The van der Waals surface area contributed by atoms with E-state index in [0.717, 1.165) is 0 Å². The molecule has 12 heavy (non-hydrogen) atoms. The van der Waals surface area contributed by atoms with Gasteiger partial charge >= 0.3 is 0 Å². The summed E-state index contributed by atoms with van der Waals surface area (Å²) in [5.74, 6) is 0. The maximum Gasteiger partial charge on any atom is 0.0422 e. The van der Waals surface area contributed by atoms with Crippen LogP contribution in [-0.4, -0.2) is 8.76 Å². The zero-order valence-corrected chi connectivity index (χ0v) is 7.85. The molecule has 0 saturated heterocycles. The van der Waals surface area contributed by atoms with E-state index < -0.39 is 10.3 Å². The third-order valence-electron chi connectivity index (χ3n) is 1.04. The molecule has 1 rings (SSSR count). The second-order valence-electron chi connectivity index (χ2n) is 1.81. The van der Waals surface area contributed by atoms with Crippen LogP contribution in [0.25, 0.3) is 6.08 Å². The quantitative estimate of drug-likeness (QED) is 0.519. The first-order valence-corrected chi connectivity index (χ1v) is 5.00. The first kappa shape index (κ1) is 11.4. The van der Waals surface area contributed by atoms with E-state index in [-0.39, 0.29) is 0 Å². The molecular formula is C8H8ClO2S-. The summed E-state index contributed by atoms with van der Waals surface area (Å²) in [4.78, 5) is 0. The van der Waals surface area contributed by atoms with E-state index >= 15 is 0 Å². The fraction of sp³-hybridized carbons (Fsp3) is 0. The minimum absolute atomic E-state index is 1.17. The van der Waals surface area contributed by atoms with E-state index in [1.54, 1.807) is 0 Å². The molecule has 0 aliphatic rings. The van der Waals surface area contributed by atoms with Crippen molar-refractivity contribution in [3.05, 3.63) is 42.5 Å². The van der Waals surface area contributed by atoms with Crippen molar-refractivity contribution in [1.29, 1.82) is 0 Å². The Morgan fingerprint density at radius 2 is 1.83 bits per heavy atom. The summed E-state index contributed by atoms with van der Waals surface area (Å²) in [6, 6.07) is 10.0. The number of halogens is 1. The van der Waals surface area contributed by atoms with Crippen LogP contribution in [0.15, 0.2) is 36.9 Å². The van der Waals surface area contributed by atoms with Crippen molar-refractivity contribution < 1.29 is 8.76 Å². The first-order chi connectivity index (χ1) is 5.66. The van der Waals surface area contributed by atoms with Gasteiger partial charge in [-0.3, -0.25) is 4.21 Å². The molecule has 0 amide bonds. The van der Waals surface area contributed by atoms with Crippen molar-refractivity contribution in [2.45, 2.75) is 0 Å². The van der Waals surface area contributed by atoms with Crippen LogP contribution in [0.5, 0.6) is 0 Å². The molecule has 0 aliphatic heterocycles. The molecule has 0 aromatic heterocycles. The van der Waals surface area contributed by atoms with Gasteiger partial charge in [0.15, 0.2) is 0 Å². The van der Waals surface area contributed by atoms with Crippen LogP contribution in [0.1, 0.15) is 5.56 Å². The van der Waals surface area contributed by atoms with Crippen LogP contribution < -0.4 is 0 Å². The Hall–Kier alpha value is -0.640. The van der Waals surface area contributed by atoms with Gasteiger partial charge in [-0.25, -0.2) is 0 Å². The average Bonchev–Trinajstić information content (AvgIpc) is 2.05. The Morgan fingerprint density at radius 1 is 1.42 bits per heavy atom. The number of hydrogen-bond donors (Lipinski definition) is 0. The number of benzene rings is 1. The van der Waals surface area contributed by atoms with Gasteiger partial charge in [0.2, 0.25) is 0 Å². The van der Waals surface area contributed by atoms with E-state index in [0.29, 0.717) is 0 Å². The second-order valence-corrected chi connectivity index (χ2v) is 2.95. The van der Waals surface area contributed by atoms with Gasteiger partial charge in [0.05, 0.1) is 0 Å². The van der Waals surface area contributed by atoms with Crippen LogP contribution in [-0.2, 0) is 10.3 Å². The zero-order chi connectivity index (χ0) is 9.40. The van der Waals surface area contributed by atoms with Crippen molar-refractivity contribution in [3.63, 3.8) is 0 Å². The molecule has 0 bridgehead atoms. The van der Waals surface area contributed by atoms with Crippen LogP contribution in [0.2, 0.25) is 0 Å². The van der Waals surface area contributed by atoms with Gasteiger partial charge in [-0.05, 0) is 16.2 Å². The lowest BCUT2D eigenvalue weighted by Gasteiger charge is -1.85. The lowest BCUT2D eigenvalue weighted by molar-refractivity contribution is 0.552. The predicted octanol–water partition coefficient (Wildman–Crippen LogP) is 2.35. The summed E-state index contributed by atoms with van der Waals surface area (Å²) in [6.07, 6.45) is 1.83. The largest absolute Gasteiger partial charge is 0.760 e. The SMILES string of the molecule is C=Cc1ccccc1.O=S([O-])Cl. The molecule has 0 saturated carbocycles. The summed E-state index contributed by atoms with van der Waals surface area (Å²) < 4.78 is 17.5. The maximum absolute atomic E-state index is 8.77. The minimum Gasteiger partial charge on any atom is -0.760 e. The summed E-state index contributed by atoms with van der Waals surface area (Å²) in [7, 11) is 1.80. The van der Waals surface area contributed by atoms with Gasteiger partial charge in [0.1, 0.15) is 0 Å². The molecule has 66 valence electrons. The van der Waals surface area contributed by atoms with Crippen LogP contribution >= 0.6 is 10.7 Å². The lowest BCUT2D eigenvalue weighted by Crippen LogP contribution is -1.63. The Labute approximate surface area is 78.7 Å². The third-order valence-corrected chi connectivity index (χ3v) is 1.04. The zero-order valence-electron chi connectivity index (χ0n) is 6.27. The van der Waals surface area contributed by atoms with Crippen molar-refractivity contribution >= 4 is 27.1 Å². The van der Waals surface area contributed by atoms with E-state index in [1.807, 2.05) is 36.4 Å². The summed E-state index contributed by atoms with van der Waals surface area (Å²) in [5.41, 5.74) is 1.17. The monoisotopic (exact) mass is 203 g/mol. The summed E-state index contributed by atoms with van der Waals surface area (Å²) in [6.45, 7) is 3.63. The standard InChI is InChI=1S/C8H8.ClHO2S/c1-2-8-6-4-3-5-7-8;1-4(2)3/h2-7H,1H2;(H,2,3)/p-1. The number of hydrogen-bond acceptors (Lipinski definition) is 2. The van der Waals surface area contributed by atoms with Crippen molar-refractivity contribution in [2.75, 3.05) is 0 Å². The van der Waals surface area contributed by atoms with Gasteiger partial charge in [-0.1, -0.05) is 43.0 Å². The van der Waals surface area contributed by atoms with Crippen molar-refractivity contribution in [1.82, 2.24) is 0 Å². The molecule has 2 nitrogen and oxygen atoms in total. The molecule has 0 radical (unpaired) electrons. The molecule has 0 spiro atoms. The number of rotatable bonds is 1. The van der Waals surface area contributed by atoms with E-state index in [2.05, 4.69) is 17.3 Å². The van der Waals surface area contributed by atoms with Crippen LogP contribution in [0, 0.1) is 0 Å². The highest BCUT2D eigenvalue weighted by molar-refractivity contribution is 8.03. The van der Waals surface area contributed by atoms with Crippen molar-refractivity contribution in [2.24, 2.45) is 0 Å². The lowest BCUT2D eigenvalue weighted by atomic mass is 10.2. The third kappa shape index (κ3) is 7.47. The molecule has 1 aromatic rings. The maximum atomic E-state index is 8.77. The molecule has 4 heteroatoms. The average molecular weight is 204 g/mol. The molecule has 0 heterocycles. The van der Waals surface area contributed by atoms with Crippen LogP contribution in [0.3, 0.4) is 0 Å². The Balaban J connectivity index is 0.000000261. The summed E-state index contributed by atoms with van der Waals surface area (Å²) in [5, 5.41) is 0. The predicted molar refractivity (Wildman–Crippen MR) is 51.3 cm³/mol. The van der Waals surface area contributed by atoms with Gasteiger partial charge in [0.25, 0.3) is 0 Å². The molecule has 1 aromatic carbocycles. The fourth-order valence-corrected chi connectivity index (χ4v) is 0.589. The van der Waals surface area contributed by atoms with E-state index in [1.165, 1.54) is 5.56 Å². The Bertz CT molecular complexity index is 244. The molecular weight excluding hydrogens is 196 g/mol. The van der Waals surface area contributed by atoms with Crippen molar-refractivity contribution in [3.8, 4) is 0 Å². The van der Waals surface area contributed by atoms with E-state index in [4.69, 9.17) is 8.76 Å². The highest BCUT2D eigenvalue weighted by Crippen LogP contribution is 1.97. The van der Waals surface area contributed by atoms with Crippen LogP contribution in [0.4, 0.5) is 0 Å². The molecule has 0 aliphatic carbocycles. The molecule has 0 N–H and O–H groups in total. The fourth-order valence-electron chi connectivity index (χ4n) is 0.589. The highest BCUT2D eigenvalue weighted by atomic mass is 35.7. The normalized spacial score (nSPS) is 10.8. The molecule has 1 atom stereocenters. The summed E-state index contributed by atoms with van der Waals surface area (Å²) >= 11 is 0.